The molecule has 1 rings (SSSR count). The van der Waals surface area contributed by atoms with E-state index in [2.05, 4.69) is 5.32 Å². The average molecular weight is 192 g/mol. The van der Waals surface area contributed by atoms with Gasteiger partial charge in [-0.2, -0.15) is 0 Å². The fraction of sp³-hybridized carbons (Fsp3) is 0.200. The Morgan fingerprint density at radius 3 is 3.00 bits per heavy atom. The zero-order valence-electron chi connectivity index (χ0n) is 7.93. The van der Waals surface area contributed by atoms with Crippen LogP contribution in [0.3, 0.4) is 0 Å². The average Bonchev–Trinajstić information content (AvgIpc) is 2.19. The highest BCUT2D eigenvalue weighted by Gasteiger charge is 2.02. The highest BCUT2D eigenvalue weighted by atomic mass is 16.6. The van der Waals surface area contributed by atoms with Crippen LogP contribution in [-0.2, 0) is 0 Å². The van der Waals surface area contributed by atoms with Gasteiger partial charge in [-0.1, -0.05) is 24.3 Å². The monoisotopic (exact) mass is 192 g/mol. The molecule has 0 bridgehead atoms. The van der Waals surface area contributed by atoms with Gasteiger partial charge in [-0.25, -0.2) is 0 Å². The summed E-state index contributed by atoms with van der Waals surface area (Å²) < 4.78 is 0. The number of nitro benzene ring substituents is 1. The Labute approximate surface area is 82.4 Å². The lowest BCUT2D eigenvalue weighted by molar-refractivity contribution is -0.384. The minimum absolute atomic E-state index is 0.122. The molecule has 0 spiro atoms. The lowest BCUT2D eigenvalue weighted by atomic mass is 10.2. The predicted octanol–water partition coefficient (Wildman–Crippen LogP) is 1.83. The lowest BCUT2D eigenvalue weighted by Gasteiger charge is -1.94. The molecule has 1 aromatic rings. The van der Waals surface area contributed by atoms with E-state index >= 15 is 0 Å². The molecule has 4 heteroatoms. The first kappa shape index (κ1) is 10.4. The molecule has 0 fully saturated rings. The maximum atomic E-state index is 10.5. The molecule has 0 aliphatic heterocycles. The summed E-state index contributed by atoms with van der Waals surface area (Å²) in [6, 6.07) is 6.54. The van der Waals surface area contributed by atoms with Crippen molar-refractivity contribution in [3.8, 4) is 0 Å². The molecule has 0 amide bonds. The second-order valence-corrected chi connectivity index (χ2v) is 2.81. The molecule has 1 aromatic carbocycles. The summed E-state index contributed by atoms with van der Waals surface area (Å²) in [6.07, 6.45) is 3.77. The van der Waals surface area contributed by atoms with Gasteiger partial charge in [0.1, 0.15) is 0 Å². The van der Waals surface area contributed by atoms with Crippen LogP contribution in [-0.4, -0.2) is 18.5 Å². The van der Waals surface area contributed by atoms with Gasteiger partial charge in [0.2, 0.25) is 0 Å². The third kappa shape index (κ3) is 2.99. The predicted molar refractivity (Wildman–Crippen MR) is 56.1 cm³/mol. The van der Waals surface area contributed by atoms with Gasteiger partial charge in [0, 0.05) is 18.7 Å². The second kappa shape index (κ2) is 5.14. The van der Waals surface area contributed by atoms with Crippen LogP contribution in [0.15, 0.2) is 30.3 Å². The number of non-ortho nitro benzene ring substituents is 1. The molecule has 0 aromatic heterocycles. The van der Waals surface area contributed by atoms with Crippen molar-refractivity contribution in [3.63, 3.8) is 0 Å². The highest BCUT2D eigenvalue weighted by Crippen LogP contribution is 2.13. The molecular weight excluding hydrogens is 180 g/mol. The van der Waals surface area contributed by atoms with E-state index in [1.807, 2.05) is 25.3 Å². The highest BCUT2D eigenvalue weighted by molar-refractivity contribution is 5.53. The number of nitro groups is 1. The number of nitrogens with one attached hydrogen (secondary N) is 1. The Hall–Kier alpha value is -1.68. The number of hydrogen-bond donors (Lipinski definition) is 1. The Morgan fingerprint density at radius 1 is 1.57 bits per heavy atom. The van der Waals surface area contributed by atoms with Crippen molar-refractivity contribution < 1.29 is 4.92 Å². The van der Waals surface area contributed by atoms with Crippen LogP contribution in [0, 0.1) is 10.1 Å². The van der Waals surface area contributed by atoms with Crippen LogP contribution in [0.5, 0.6) is 0 Å². The molecule has 4 nitrogen and oxygen atoms in total. The smallest absolute Gasteiger partial charge is 0.270 e. The largest absolute Gasteiger partial charge is 0.316 e. The van der Waals surface area contributed by atoms with Crippen molar-refractivity contribution in [3.05, 3.63) is 46.0 Å². The van der Waals surface area contributed by atoms with E-state index in [4.69, 9.17) is 0 Å². The van der Waals surface area contributed by atoms with Gasteiger partial charge < -0.3 is 5.32 Å². The quantitative estimate of drug-likeness (QED) is 0.584. The topological polar surface area (TPSA) is 55.2 Å². The third-order valence-electron chi connectivity index (χ3n) is 1.71. The van der Waals surface area contributed by atoms with Crippen molar-refractivity contribution in [2.45, 2.75) is 0 Å². The van der Waals surface area contributed by atoms with Crippen LogP contribution < -0.4 is 5.32 Å². The summed E-state index contributed by atoms with van der Waals surface area (Å²) in [7, 11) is 1.85. The minimum Gasteiger partial charge on any atom is -0.316 e. The minimum atomic E-state index is -0.393. The normalized spacial score (nSPS) is 10.6. The first-order valence-corrected chi connectivity index (χ1v) is 4.29. The van der Waals surface area contributed by atoms with Crippen LogP contribution in [0.2, 0.25) is 0 Å². The van der Waals surface area contributed by atoms with Gasteiger partial charge in [-0.3, -0.25) is 10.1 Å². The molecule has 14 heavy (non-hydrogen) atoms. The molecule has 1 N–H and O–H groups in total. The molecule has 0 atom stereocenters. The van der Waals surface area contributed by atoms with Crippen LogP contribution in [0.1, 0.15) is 5.56 Å². The molecule has 0 saturated carbocycles. The first-order valence-electron chi connectivity index (χ1n) is 4.29. The number of rotatable bonds is 4. The van der Waals surface area contributed by atoms with E-state index in [-0.39, 0.29) is 5.69 Å². The second-order valence-electron chi connectivity index (χ2n) is 2.81. The van der Waals surface area contributed by atoms with E-state index < -0.39 is 4.92 Å². The van der Waals surface area contributed by atoms with Gasteiger partial charge in [0.05, 0.1) is 4.92 Å². The van der Waals surface area contributed by atoms with Crippen molar-refractivity contribution in [1.29, 1.82) is 0 Å². The first-order chi connectivity index (χ1) is 6.74. The summed E-state index contributed by atoms with van der Waals surface area (Å²) in [5, 5.41) is 13.4. The zero-order chi connectivity index (χ0) is 10.4. The van der Waals surface area contributed by atoms with Gasteiger partial charge >= 0.3 is 0 Å². The van der Waals surface area contributed by atoms with E-state index in [0.29, 0.717) is 0 Å². The molecule has 0 aliphatic rings. The van der Waals surface area contributed by atoms with Crippen LogP contribution in [0.4, 0.5) is 5.69 Å². The van der Waals surface area contributed by atoms with E-state index in [1.54, 1.807) is 12.1 Å². The number of hydrogen-bond acceptors (Lipinski definition) is 3. The number of benzene rings is 1. The SMILES string of the molecule is CNCC=Cc1cccc([N+](=O)[O-])c1. The summed E-state index contributed by atoms with van der Waals surface area (Å²) in [4.78, 5) is 10.1. The standard InChI is InChI=1S/C10H12N2O2/c1-11-7-3-5-9-4-2-6-10(8-9)12(13)14/h2-6,8,11H,7H2,1H3. The molecule has 0 aliphatic carbocycles. The van der Waals surface area contributed by atoms with Gasteiger partial charge in [0.25, 0.3) is 5.69 Å². The lowest BCUT2D eigenvalue weighted by Crippen LogP contribution is -2.03. The van der Waals surface area contributed by atoms with Crippen LogP contribution >= 0.6 is 0 Å². The molecule has 74 valence electrons. The zero-order valence-corrected chi connectivity index (χ0v) is 7.93. The van der Waals surface area contributed by atoms with Crippen LogP contribution in [0.25, 0.3) is 6.08 Å². The maximum absolute atomic E-state index is 10.5. The van der Waals surface area contributed by atoms with E-state index in [9.17, 15) is 10.1 Å². The Bertz CT molecular complexity index is 348. The van der Waals surface area contributed by atoms with Gasteiger partial charge in [-0.15, -0.1) is 0 Å². The molecule has 0 saturated heterocycles. The molecule has 0 radical (unpaired) electrons. The maximum Gasteiger partial charge on any atom is 0.270 e. The fourth-order valence-electron chi connectivity index (χ4n) is 1.05. The third-order valence-corrected chi connectivity index (χ3v) is 1.71. The molecular formula is C10H12N2O2. The number of likely N-dealkylation sites (N-methyl/N-ethyl adjacent to an activating group) is 1. The summed E-state index contributed by atoms with van der Waals surface area (Å²) in [5.41, 5.74) is 0.964. The van der Waals surface area contributed by atoms with Crippen molar-refractivity contribution in [2.75, 3.05) is 13.6 Å². The van der Waals surface area contributed by atoms with E-state index in [1.165, 1.54) is 6.07 Å². The Kier molecular flexibility index (Phi) is 3.82. The Balaban J connectivity index is 2.78. The van der Waals surface area contributed by atoms with Crippen molar-refractivity contribution >= 4 is 11.8 Å². The van der Waals surface area contributed by atoms with Gasteiger partial charge in [-0.05, 0) is 12.6 Å². The van der Waals surface area contributed by atoms with Gasteiger partial charge in [0.15, 0.2) is 0 Å². The molecule has 0 heterocycles. The fourth-order valence-corrected chi connectivity index (χ4v) is 1.05. The molecule has 0 unspecified atom stereocenters. The summed E-state index contributed by atoms with van der Waals surface area (Å²) in [5.74, 6) is 0. The summed E-state index contributed by atoms with van der Waals surface area (Å²) in [6.45, 7) is 0.753. The van der Waals surface area contributed by atoms with Crippen molar-refractivity contribution in [2.24, 2.45) is 0 Å². The Morgan fingerprint density at radius 2 is 2.36 bits per heavy atom. The summed E-state index contributed by atoms with van der Waals surface area (Å²) >= 11 is 0. The van der Waals surface area contributed by atoms with E-state index in [0.717, 1.165) is 12.1 Å². The number of nitrogens with zero attached hydrogens (tertiary/aromatic N) is 1. The van der Waals surface area contributed by atoms with Crippen molar-refractivity contribution in [1.82, 2.24) is 5.32 Å².